The average molecular weight is 421 g/mol. The molecule has 0 aliphatic heterocycles. The Balaban J connectivity index is 1.62. The molecule has 0 saturated heterocycles. The number of likely N-dealkylation sites (N-methyl/N-ethyl adjacent to an activating group) is 1. The van der Waals surface area contributed by atoms with Gasteiger partial charge in [0, 0.05) is 25.2 Å². The van der Waals surface area contributed by atoms with E-state index in [1.807, 2.05) is 0 Å². The highest BCUT2D eigenvalue weighted by molar-refractivity contribution is 7.16. The summed E-state index contributed by atoms with van der Waals surface area (Å²) in [6.07, 6.45) is 2.94. The largest absolute Gasteiger partial charge is 0.479 e. The molecule has 3 rings (SSSR count). The zero-order valence-corrected chi connectivity index (χ0v) is 17.5. The Hall–Kier alpha value is -2.95. The molecule has 10 nitrogen and oxygen atoms in total. The molecule has 1 N–H and O–H groups in total. The molecule has 2 heterocycles. The molecule has 0 fully saturated rings. The van der Waals surface area contributed by atoms with Crippen molar-refractivity contribution in [3.8, 4) is 5.88 Å². The number of rotatable bonds is 7. The first-order valence-electron chi connectivity index (χ1n) is 9.13. The van der Waals surface area contributed by atoms with Crippen molar-refractivity contribution >= 4 is 34.3 Å². The monoisotopic (exact) mass is 421 g/mol. The fraction of sp³-hybridized carbons (Fsp3) is 0.500. The minimum absolute atomic E-state index is 0.164. The van der Waals surface area contributed by atoms with Gasteiger partial charge in [0.05, 0.1) is 26.0 Å². The number of ether oxygens (including phenoxy) is 2. The summed E-state index contributed by atoms with van der Waals surface area (Å²) >= 11 is 1.34. The summed E-state index contributed by atoms with van der Waals surface area (Å²) in [4.78, 5) is 43.6. The Bertz CT molecular complexity index is 937. The lowest BCUT2D eigenvalue weighted by molar-refractivity contribution is -0.145. The van der Waals surface area contributed by atoms with E-state index in [1.54, 1.807) is 14.0 Å². The molecule has 2 amide bonds. The number of hydrogen-bond acceptors (Lipinski definition) is 8. The van der Waals surface area contributed by atoms with Crippen molar-refractivity contribution in [2.75, 3.05) is 32.6 Å². The van der Waals surface area contributed by atoms with E-state index in [1.165, 1.54) is 41.3 Å². The first-order chi connectivity index (χ1) is 13.8. The zero-order valence-electron chi connectivity index (χ0n) is 16.7. The number of fused-ring (bicyclic) bond motifs is 1. The van der Waals surface area contributed by atoms with Crippen LogP contribution in [0.15, 0.2) is 6.20 Å². The lowest BCUT2D eigenvalue weighted by Gasteiger charge is -2.15. The molecule has 2 aromatic heterocycles. The minimum atomic E-state index is -0.385. The van der Waals surface area contributed by atoms with Gasteiger partial charge in [0.25, 0.3) is 5.91 Å². The van der Waals surface area contributed by atoms with Crippen LogP contribution in [0.1, 0.15) is 40.2 Å². The summed E-state index contributed by atoms with van der Waals surface area (Å²) in [7, 11) is 4.63. The molecule has 1 aliphatic carbocycles. The number of hydrogen-bond donors (Lipinski definition) is 1. The van der Waals surface area contributed by atoms with E-state index < -0.39 is 0 Å². The van der Waals surface area contributed by atoms with Crippen LogP contribution < -0.4 is 10.1 Å². The third-order valence-electron chi connectivity index (χ3n) is 4.48. The quantitative estimate of drug-likeness (QED) is 0.668. The summed E-state index contributed by atoms with van der Waals surface area (Å²) in [5.74, 6) is -1.23. The number of methoxy groups -OCH3 is 1. The number of carbonyl (C=O) groups excluding carboxylic acids is 3. The summed E-state index contributed by atoms with van der Waals surface area (Å²) in [6, 6.07) is 0. The van der Waals surface area contributed by atoms with Crippen LogP contribution in [0.5, 0.6) is 5.88 Å². The molecule has 0 saturated carbocycles. The summed E-state index contributed by atoms with van der Waals surface area (Å²) in [5, 5.41) is 7.16. The van der Waals surface area contributed by atoms with Gasteiger partial charge in [-0.3, -0.25) is 19.1 Å². The third-order valence-corrected chi connectivity index (χ3v) is 5.53. The Labute approximate surface area is 171 Å². The maximum absolute atomic E-state index is 12.6. The van der Waals surface area contributed by atoms with Crippen LogP contribution in [-0.4, -0.2) is 64.8 Å². The molecule has 1 aliphatic rings. The van der Waals surface area contributed by atoms with E-state index in [2.05, 4.69) is 15.4 Å². The number of nitrogens with one attached hydrogen (secondary N) is 1. The van der Waals surface area contributed by atoms with Gasteiger partial charge in [-0.05, 0) is 19.8 Å². The topological polar surface area (TPSA) is 116 Å². The number of thiazole rings is 1. The molecule has 0 bridgehead atoms. The molecular formula is C18H23N5O5S. The van der Waals surface area contributed by atoms with E-state index in [0.717, 1.165) is 11.3 Å². The van der Waals surface area contributed by atoms with Gasteiger partial charge in [0.1, 0.15) is 11.5 Å². The van der Waals surface area contributed by atoms with Crippen LogP contribution in [0.3, 0.4) is 0 Å². The molecule has 1 unspecified atom stereocenters. The number of nitrogens with zero attached hydrogens (tertiary/aromatic N) is 4. The first kappa shape index (κ1) is 20.8. The SMILES string of the molecule is CCOC(=O)C1CCc2sc(NC(=O)CN(C)C(=O)c3cn(C)nc3OC)nc21. The molecule has 1 atom stereocenters. The highest BCUT2D eigenvalue weighted by atomic mass is 32.1. The zero-order chi connectivity index (χ0) is 21.1. The maximum atomic E-state index is 12.6. The van der Waals surface area contributed by atoms with Crippen LogP contribution in [0, 0.1) is 0 Å². The van der Waals surface area contributed by atoms with Gasteiger partial charge < -0.3 is 19.7 Å². The predicted octanol–water partition coefficient (Wildman–Crippen LogP) is 1.19. The Kier molecular flexibility index (Phi) is 6.16. The number of carbonyl (C=O) groups is 3. The number of amides is 2. The van der Waals surface area contributed by atoms with E-state index in [4.69, 9.17) is 9.47 Å². The fourth-order valence-electron chi connectivity index (χ4n) is 3.17. The Morgan fingerprint density at radius 2 is 2.17 bits per heavy atom. The van der Waals surface area contributed by atoms with E-state index in [-0.39, 0.29) is 41.7 Å². The van der Waals surface area contributed by atoms with Crippen molar-refractivity contribution in [3.63, 3.8) is 0 Å². The van der Waals surface area contributed by atoms with Crippen molar-refractivity contribution in [3.05, 3.63) is 22.3 Å². The second-order valence-corrected chi connectivity index (χ2v) is 7.69. The standard InChI is InChI=1S/C18H23N5O5S/c1-5-28-17(26)10-6-7-12-14(10)20-18(29-12)19-13(24)9-22(2)16(25)11-8-23(3)21-15(11)27-4/h8,10H,5-7,9H2,1-4H3,(H,19,20,24). The van der Waals surface area contributed by atoms with E-state index in [0.29, 0.717) is 23.9 Å². The highest BCUT2D eigenvalue weighted by Gasteiger charge is 2.34. The van der Waals surface area contributed by atoms with Gasteiger partial charge in [-0.1, -0.05) is 0 Å². The van der Waals surface area contributed by atoms with Crippen LogP contribution in [0.25, 0.3) is 0 Å². The summed E-state index contributed by atoms with van der Waals surface area (Å²) in [5.41, 5.74) is 0.948. The summed E-state index contributed by atoms with van der Waals surface area (Å²) in [6.45, 7) is 1.92. The lowest BCUT2D eigenvalue weighted by Crippen LogP contribution is -2.35. The van der Waals surface area contributed by atoms with Gasteiger partial charge in [0.2, 0.25) is 11.8 Å². The normalized spacial score (nSPS) is 15.0. The third kappa shape index (κ3) is 4.39. The highest BCUT2D eigenvalue weighted by Crippen LogP contribution is 2.38. The molecule has 156 valence electrons. The molecule has 0 aromatic carbocycles. The Morgan fingerprint density at radius 3 is 2.86 bits per heavy atom. The Morgan fingerprint density at radius 1 is 1.41 bits per heavy atom. The van der Waals surface area contributed by atoms with Crippen LogP contribution in [0.4, 0.5) is 5.13 Å². The van der Waals surface area contributed by atoms with E-state index in [9.17, 15) is 14.4 Å². The number of aromatic nitrogens is 3. The molecule has 29 heavy (non-hydrogen) atoms. The van der Waals surface area contributed by atoms with Crippen LogP contribution >= 0.6 is 11.3 Å². The van der Waals surface area contributed by atoms with Crippen molar-refractivity contribution in [1.29, 1.82) is 0 Å². The minimum Gasteiger partial charge on any atom is -0.479 e. The second-order valence-electron chi connectivity index (χ2n) is 6.61. The average Bonchev–Trinajstić information content (AvgIpc) is 3.34. The lowest BCUT2D eigenvalue weighted by atomic mass is 10.1. The second kappa shape index (κ2) is 8.60. The van der Waals surface area contributed by atoms with Gasteiger partial charge in [-0.15, -0.1) is 16.4 Å². The molecule has 2 aromatic rings. The van der Waals surface area contributed by atoms with Gasteiger partial charge in [-0.2, -0.15) is 0 Å². The number of anilines is 1. The smallest absolute Gasteiger partial charge is 0.315 e. The van der Waals surface area contributed by atoms with Crippen LogP contribution in [-0.2, 0) is 27.8 Å². The van der Waals surface area contributed by atoms with Gasteiger partial charge in [0.15, 0.2) is 5.13 Å². The van der Waals surface area contributed by atoms with Crippen LogP contribution in [0.2, 0.25) is 0 Å². The number of esters is 1. The molecule has 0 radical (unpaired) electrons. The van der Waals surface area contributed by atoms with Crippen molar-refractivity contribution in [2.24, 2.45) is 7.05 Å². The molecule has 11 heteroatoms. The first-order valence-corrected chi connectivity index (χ1v) is 9.94. The molecule has 0 spiro atoms. The van der Waals surface area contributed by atoms with Crippen molar-refractivity contribution in [1.82, 2.24) is 19.7 Å². The van der Waals surface area contributed by atoms with Gasteiger partial charge >= 0.3 is 5.97 Å². The maximum Gasteiger partial charge on any atom is 0.315 e. The predicted molar refractivity (Wildman–Crippen MR) is 105 cm³/mol. The van der Waals surface area contributed by atoms with Gasteiger partial charge in [-0.25, -0.2) is 4.98 Å². The van der Waals surface area contributed by atoms with Crippen molar-refractivity contribution in [2.45, 2.75) is 25.7 Å². The number of aryl methyl sites for hydroxylation is 2. The van der Waals surface area contributed by atoms with E-state index >= 15 is 0 Å². The molecular weight excluding hydrogens is 398 g/mol. The fourth-order valence-corrected chi connectivity index (χ4v) is 4.22. The van der Waals surface area contributed by atoms with Crippen molar-refractivity contribution < 1.29 is 23.9 Å². The summed E-state index contributed by atoms with van der Waals surface area (Å²) < 4.78 is 11.7.